The lowest BCUT2D eigenvalue weighted by Gasteiger charge is -2.38. The first-order valence-electron chi connectivity index (χ1n) is 14.8. The van der Waals surface area contributed by atoms with Crippen LogP contribution in [-0.4, -0.2) is 106 Å². The Morgan fingerprint density at radius 2 is 1.88 bits per heavy atom. The average molecular weight is 610 g/mol. The minimum atomic E-state index is -0.750. The number of benzene rings is 1. The molecule has 5 rings (SSSR count). The number of aliphatic hydroxyl groups excluding tert-OH is 1. The van der Waals surface area contributed by atoms with Crippen LogP contribution in [0, 0.1) is 5.92 Å². The van der Waals surface area contributed by atoms with Crippen molar-refractivity contribution in [3.05, 3.63) is 41.7 Å². The molecular weight excluding hydrogens is 570 g/mol. The van der Waals surface area contributed by atoms with Gasteiger partial charge in [-0.15, -0.1) is 0 Å². The van der Waals surface area contributed by atoms with Gasteiger partial charge < -0.3 is 30.3 Å². The summed E-state index contributed by atoms with van der Waals surface area (Å²) in [4.78, 5) is 58.2. The van der Waals surface area contributed by atoms with E-state index in [0.717, 1.165) is 39.5 Å². The zero-order chi connectivity index (χ0) is 30.3. The molecule has 2 aliphatic rings. The maximum atomic E-state index is 14.3. The van der Waals surface area contributed by atoms with Crippen LogP contribution in [-0.2, 0) is 19.1 Å². The van der Waals surface area contributed by atoms with Crippen LogP contribution in [0.1, 0.15) is 43.7 Å². The van der Waals surface area contributed by atoms with Crippen LogP contribution >= 0.6 is 11.3 Å². The van der Waals surface area contributed by atoms with Crippen LogP contribution in [0.25, 0.3) is 21.6 Å². The average Bonchev–Trinajstić information content (AvgIpc) is 3.70. The van der Waals surface area contributed by atoms with Gasteiger partial charge in [0.1, 0.15) is 40.0 Å². The van der Waals surface area contributed by atoms with Gasteiger partial charge in [0.15, 0.2) is 0 Å². The molecule has 12 nitrogen and oxygen atoms in total. The summed E-state index contributed by atoms with van der Waals surface area (Å²) < 4.78 is 5.01. The second-order valence-electron chi connectivity index (χ2n) is 11.0. The van der Waals surface area contributed by atoms with E-state index in [0.29, 0.717) is 32.5 Å². The third-order valence-corrected chi connectivity index (χ3v) is 9.30. The lowest BCUT2D eigenvalue weighted by molar-refractivity contribution is -0.141. The normalized spacial score (nSPS) is 19.0. The number of fused-ring (bicyclic) bond motifs is 1. The number of aromatic nitrogens is 3. The van der Waals surface area contributed by atoms with E-state index >= 15 is 0 Å². The number of carbonyl (C=O) groups excluding carboxylic acids is 3. The summed E-state index contributed by atoms with van der Waals surface area (Å²) in [5.41, 5.74) is 2.43. The molecule has 0 radical (unpaired) electrons. The molecular formula is C30H39N7O5S. The Hall–Kier alpha value is -3.52. The van der Waals surface area contributed by atoms with Crippen molar-refractivity contribution in [1.29, 1.82) is 0 Å². The molecule has 2 saturated heterocycles. The fraction of sp³-hybridized carbons (Fsp3) is 0.533. The monoisotopic (exact) mass is 609 g/mol. The molecule has 0 spiro atoms. The van der Waals surface area contributed by atoms with E-state index in [1.165, 1.54) is 18.4 Å². The van der Waals surface area contributed by atoms with Crippen LogP contribution in [0.2, 0.25) is 0 Å². The minimum absolute atomic E-state index is 0.0196. The van der Waals surface area contributed by atoms with Gasteiger partial charge in [0.2, 0.25) is 17.7 Å². The SMILES string of the molecule is COCC(=O)N1CCC([C@H](NC(=O)[C@H](C)NCCO)C(=O)N2CCC[C@H]2c2nc3c(-c4ccccc4)ncnc3s2)CC1. The second-order valence-corrected chi connectivity index (χ2v) is 12.0. The summed E-state index contributed by atoms with van der Waals surface area (Å²) in [5.74, 6) is -0.660. The van der Waals surface area contributed by atoms with Gasteiger partial charge in [-0.3, -0.25) is 14.4 Å². The smallest absolute Gasteiger partial charge is 0.248 e. The number of hydrogen-bond donors (Lipinski definition) is 3. The number of nitrogens with zero attached hydrogens (tertiary/aromatic N) is 5. The number of nitrogens with one attached hydrogen (secondary N) is 2. The van der Waals surface area contributed by atoms with Gasteiger partial charge in [-0.2, -0.15) is 0 Å². The van der Waals surface area contributed by atoms with Gasteiger partial charge in [0, 0.05) is 38.9 Å². The number of rotatable bonds is 11. The Bertz CT molecular complexity index is 1410. The van der Waals surface area contributed by atoms with Gasteiger partial charge in [-0.1, -0.05) is 41.7 Å². The molecule has 3 amide bonds. The van der Waals surface area contributed by atoms with Gasteiger partial charge in [0.25, 0.3) is 0 Å². The highest BCUT2D eigenvalue weighted by molar-refractivity contribution is 7.18. The highest BCUT2D eigenvalue weighted by atomic mass is 32.1. The summed E-state index contributed by atoms with van der Waals surface area (Å²) in [6.07, 6.45) is 4.30. The molecule has 13 heteroatoms. The maximum Gasteiger partial charge on any atom is 0.248 e. The fourth-order valence-electron chi connectivity index (χ4n) is 5.92. The summed E-state index contributed by atoms with van der Waals surface area (Å²) in [5, 5.41) is 16.0. The molecule has 4 heterocycles. The molecule has 0 unspecified atom stereocenters. The lowest BCUT2D eigenvalue weighted by atomic mass is 9.88. The topological polar surface area (TPSA) is 150 Å². The highest BCUT2D eigenvalue weighted by Crippen LogP contribution is 2.39. The van der Waals surface area contributed by atoms with Crippen LogP contribution < -0.4 is 10.6 Å². The number of amides is 3. The fourth-order valence-corrected chi connectivity index (χ4v) is 6.97. The van der Waals surface area contributed by atoms with E-state index in [1.807, 2.05) is 35.2 Å². The third-order valence-electron chi connectivity index (χ3n) is 8.23. The Kier molecular flexibility index (Phi) is 10.3. The number of ether oxygens (including phenoxy) is 1. The predicted molar refractivity (Wildman–Crippen MR) is 162 cm³/mol. The maximum absolute atomic E-state index is 14.3. The van der Waals surface area contributed by atoms with Crippen molar-refractivity contribution in [3.63, 3.8) is 0 Å². The van der Waals surface area contributed by atoms with Gasteiger partial charge >= 0.3 is 0 Å². The number of piperidine rings is 1. The lowest BCUT2D eigenvalue weighted by Crippen LogP contribution is -2.57. The first-order chi connectivity index (χ1) is 20.9. The number of methoxy groups -OCH3 is 1. The Balaban J connectivity index is 1.39. The van der Waals surface area contributed by atoms with Crippen molar-refractivity contribution in [1.82, 2.24) is 35.4 Å². The summed E-state index contributed by atoms with van der Waals surface area (Å²) >= 11 is 1.47. The van der Waals surface area contributed by atoms with Crippen LogP contribution in [0.4, 0.5) is 0 Å². The number of hydrogen-bond acceptors (Lipinski definition) is 10. The van der Waals surface area contributed by atoms with Crippen molar-refractivity contribution in [2.45, 2.75) is 50.7 Å². The molecule has 2 aromatic heterocycles. The molecule has 3 aromatic rings. The quantitative estimate of drug-likeness (QED) is 0.296. The summed E-state index contributed by atoms with van der Waals surface area (Å²) in [7, 11) is 1.49. The highest BCUT2D eigenvalue weighted by Gasteiger charge is 2.41. The minimum Gasteiger partial charge on any atom is -0.395 e. The van der Waals surface area contributed by atoms with Crippen molar-refractivity contribution in [2.75, 3.05) is 46.5 Å². The van der Waals surface area contributed by atoms with E-state index < -0.39 is 12.1 Å². The molecule has 43 heavy (non-hydrogen) atoms. The first-order valence-corrected chi connectivity index (χ1v) is 15.6. The van der Waals surface area contributed by atoms with E-state index in [2.05, 4.69) is 20.6 Å². The largest absolute Gasteiger partial charge is 0.395 e. The molecule has 0 bridgehead atoms. The Morgan fingerprint density at radius 1 is 1.12 bits per heavy atom. The van der Waals surface area contributed by atoms with Crippen LogP contribution in [0.15, 0.2) is 36.7 Å². The van der Waals surface area contributed by atoms with Crippen LogP contribution in [0.3, 0.4) is 0 Å². The molecule has 1 aromatic carbocycles. The number of likely N-dealkylation sites (tertiary alicyclic amines) is 2. The van der Waals surface area contributed by atoms with E-state index in [4.69, 9.17) is 9.72 Å². The molecule has 3 atom stereocenters. The standard InChI is InChI=1S/C30H39N7O5S/c1-19(31-12-16-38)27(40)34-25(21-10-14-36(15-11-21)23(39)17-42-2)30(41)37-13-6-9-22(37)28-35-26-24(20-7-4-3-5-8-20)32-18-33-29(26)43-28/h3-5,7-8,18-19,21-22,25,31,38H,6,9-17H2,1-2H3,(H,34,40)/t19-,22-,25-/m0/s1. The van der Waals surface area contributed by atoms with Gasteiger partial charge in [0.05, 0.1) is 18.7 Å². The van der Waals surface area contributed by atoms with Crippen molar-refractivity contribution in [2.24, 2.45) is 5.92 Å². The Morgan fingerprint density at radius 3 is 2.60 bits per heavy atom. The molecule has 0 aliphatic carbocycles. The van der Waals surface area contributed by atoms with Crippen molar-refractivity contribution >= 4 is 39.4 Å². The summed E-state index contributed by atoms with van der Waals surface area (Å²) in [6, 6.07) is 8.29. The Labute approximate surface area is 254 Å². The number of aliphatic hydroxyl groups is 1. The van der Waals surface area contributed by atoms with E-state index in [1.54, 1.807) is 18.2 Å². The van der Waals surface area contributed by atoms with Crippen molar-refractivity contribution in [3.8, 4) is 11.3 Å². The molecule has 2 fully saturated rings. The molecule has 0 saturated carbocycles. The molecule has 2 aliphatic heterocycles. The van der Waals surface area contributed by atoms with E-state index in [-0.39, 0.29) is 49.4 Å². The zero-order valence-electron chi connectivity index (χ0n) is 24.6. The van der Waals surface area contributed by atoms with Gasteiger partial charge in [-0.05, 0) is 38.5 Å². The number of thiazole rings is 1. The van der Waals surface area contributed by atoms with Crippen molar-refractivity contribution < 1.29 is 24.2 Å². The van der Waals surface area contributed by atoms with Crippen LogP contribution in [0.5, 0.6) is 0 Å². The summed E-state index contributed by atoms with van der Waals surface area (Å²) in [6.45, 7) is 3.46. The predicted octanol–water partition coefficient (Wildman–Crippen LogP) is 1.76. The third kappa shape index (κ3) is 7.01. The number of carbonyl (C=O) groups is 3. The zero-order valence-corrected chi connectivity index (χ0v) is 25.4. The first kappa shape index (κ1) is 30.9. The molecule has 3 N–H and O–H groups in total. The van der Waals surface area contributed by atoms with E-state index in [9.17, 15) is 19.5 Å². The second kappa shape index (κ2) is 14.3. The molecule has 230 valence electrons. The van der Waals surface area contributed by atoms with Gasteiger partial charge in [-0.25, -0.2) is 15.0 Å².